The van der Waals surface area contributed by atoms with Gasteiger partial charge in [-0.1, -0.05) is 18.1 Å². The van der Waals surface area contributed by atoms with Gasteiger partial charge in [-0.05, 0) is 12.1 Å². The smallest absolute Gasteiger partial charge is 0.295 e. The monoisotopic (exact) mass is 182 g/mol. The van der Waals surface area contributed by atoms with Gasteiger partial charge < -0.3 is 5.11 Å². The maximum Gasteiger partial charge on any atom is 0.295 e. The highest BCUT2D eigenvalue weighted by molar-refractivity contribution is 5.36. The van der Waals surface area contributed by atoms with E-state index in [1.165, 1.54) is 18.2 Å². The minimum Gasteiger partial charge on any atom is -0.390 e. The van der Waals surface area contributed by atoms with E-state index in [1.807, 2.05) is 0 Å². The van der Waals surface area contributed by atoms with E-state index in [-0.39, 0.29) is 5.56 Å². The van der Waals surface area contributed by atoms with E-state index in [0.29, 0.717) is 5.56 Å². The molecule has 68 valence electrons. The Kier molecular flexibility index (Phi) is 2.64. The lowest BCUT2D eigenvalue weighted by Gasteiger charge is -2.13. The van der Waals surface area contributed by atoms with E-state index >= 15 is 0 Å². The van der Waals surface area contributed by atoms with Gasteiger partial charge in [0.1, 0.15) is 6.61 Å². The number of aliphatic hydroxyl groups excluding tert-OH is 1. The lowest BCUT2D eigenvalue weighted by Crippen LogP contribution is -2.18. The number of hydrogen-bond donors (Lipinski definition) is 1. The summed E-state index contributed by atoms with van der Waals surface area (Å²) < 4.78 is 25.8. The Bertz CT molecular complexity index is 339. The second-order valence-corrected chi connectivity index (χ2v) is 2.59. The van der Waals surface area contributed by atoms with E-state index in [9.17, 15) is 8.78 Å². The van der Waals surface area contributed by atoms with Crippen LogP contribution in [0.2, 0.25) is 0 Å². The molecule has 1 nitrogen and oxygen atoms in total. The molecule has 0 radical (unpaired) electrons. The summed E-state index contributed by atoms with van der Waals surface area (Å²) in [5.41, 5.74) is 0.121. The molecule has 0 aliphatic carbocycles. The first kappa shape index (κ1) is 9.69. The molecular weight excluding hydrogens is 174 g/mol. The molecule has 1 aromatic carbocycles. The molecule has 0 saturated heterocycles. The van der Waals surface area contributed by atoms with Gasteiger partial charge in [-0.15, -0.1) is 6.42 Å². The second kappa shape index (κ2) is 3.55. The average molecular weight is 182 g/mol. The van der Waals surface area contributed by atoms with Gasteiger partial charge >= 0.3 is 0 Å². The Hall–Kier alpha value is -1.40. The van der Waals surface area contributed by atoms with Gasteiger partial charge in [0.25, 0.3) is 5.92 Å². The summed E-state index contributed by atoms with van der Waals surface area (Å²) in [6.07, 6.45) is 5.05. The molecule has 0 heterocycles. The van der Waals surface area contributed by atoms with Crippen molar-refractivity contribution in [3.63, 3.8) is 0 Å². The molecule has 3 heteroatoms. The maximum atomic E-state index is 12.9. The average Bonchev–Trinajstić information content (AvgIpc) is 2.18. The number of aliphatic hydroxyl groups is 1. The quantitative estimate of drug-likeness (QED) is 0.691. The zero-order chi connectivity index (χ0) is 9.90. The molecule has 0 bridgehead atoms. The molecule has 1 aromatic rings. The fourth-order valence-corrected chi connectivity index (χ4v) is 0.928. The third kappa shape index (κ3) is 2.04. The van der Waals surface area contributed by atoms with Crippen LogP contribution in [-0.2, 0) is 5.92 Å². The maximum absolute atomic E-state index is 12.9. The molecule has 0 aliphatic heterocycles. The molecule has 0 amide bonds. The van der Waals surface area contributed by atoms with E-state index in [0.717, 1.165) is 0 Å². The van der Waals surface area contributed by atoms with Crippen LogP contribution in [-0.4, -0.2) is 11.7 Å². The number of rotatable bonds is 2. The molecule has 1 N–H and O–H groups in total. The zero-order valence-corrected chi connectivity index (χ0v) is 6.80. The Morgan fingerprint density at radius 3 is 2.69 bits per heavy atom. The number of alkyl halides is 2. The van der Waals surface area contributed by atoms with E-state index in [4.69, 9.17) is 11.5 Å². The van der Waals surface area contributed by atoms with Crippen LogP contribution in [0.25, 0.3) is 0 Å². The first-order chi connectivity index (χ1) is 6.10. The van der Waals surface area contributed by atoms with Crippen LogP contribution in [0, 0.1) is 12.3 Å². The van der Waals surface area contributed by atoms with Crippen LogP contribution < -0.4 is 0 Å². The van der Waals surface area contributed by atoms with Crippen LogP contribution in [0.4, 0.5) is 8.78 Å². The topological polar surface area (TPSA) is 20.2 Å². The van der Waals surface area contributed by atoms with Crippen molar-refractivity contribution >= 4 is 0 Å². The molecule has 0 saturated carbocycles. The van der Waals surface area contributed by atoms with Gasteiger partial charge in [0.2, 0.25) is 0 Å². The Morgan fingerprint density at radius 1 is 1.46 bits per heavy atom. The Balaban J connectivity index is 3.10. The second-order valence-electron chi connectivity index (χ2n) is 2.59. The normalized spacial score (nSPS) is 10.9. The van der Waals surface area contributed by atoms with Gasteiger partial charge in [0.05, 0.1) is 0 Å². The minimum atomic E-state index is -3.22. The van der Waals surface area contributed by atoms with Crippen molar-refractivity contribution in [3.8, 4) is 12.3 Å². The van der Waals surface area contributed by atoms with Gasteiger partial charge in [-0.3, -0.25) is 0 Å². The molecule has 0 aliphatic rings. The summed E-state index contributed by atoms with van der Waals surface area (Å²) in [6.45, 7) is -1.21. The van der Waals surface area contributed by atoms with Crippen LogP contribution in [0.3, 0.4) is 0 Å². The van der Waals surface area contributed by atoms with Crippen molar-refractivity contribution in [2.24, 2.45) is 0 Å². The summed E-state index contributed by atoms with van der Waals surface area (Å²) in [5, 5.41) is 8.41. The lowest BCUT2D eigenvalue weighted by molar-refractivity contribution is -0.0556. The lowest BCUT2D eigenvalue weighted by atomic mass is 10.1. The van der Waals surface area contributed by atoms with Crippen molar-refractivity contribution in [2.75, 3.05) is 6.61 Å². The van der Waals surface area contributed by atoms with Gasteiger partial charge in [0, 0.05) is 11.1 Å². The molecule has 0 spiro atoms. The molecule has 0 aromatic heterocycles. The highest BCUT2D eigenvalue weighted by atomic mass is 19.3. The SMILES string of the molecule is C#Cc1cccc(C(F)(F)CO)c1. The van der Waals surface area contributed by atoms with Crippen LogP contribution in [0.1, 0.15) is 11.1 Å². The van der Waals surface area contributed by atoms with Crippen molar-refractivity contribution in [1.82, 2.24) is 0 Å². The van der Waals surface area contributed by atoms with Gasteiger partial charge in [-0.2, -0.15) is 8.78 Å². The Labute approximate surface area is 75.0 Å². The van der Waals surface area contributed by atoms with Crippen molar-refractivity contribution in [1.29, 1.82) is 0 Å². The molecule has 0 unspecified atom stereocenters. The highest BCUT2D eigenvalue weighted by Gasteiger charge is 2.30. The van der Waals surface area contributed by atoms with Crippen LogP contribution >= 0.6 is 0 Å². The summed E-state index contributed by atoms with van der Waals surface area (Å²) in [4.78, 5) is 0. The van der Waals surface area contributed by atoms with E-state index in [1.54, 1.807) is 6.07 Å². The molecule has 13 heavy (non-hydrogen) atoms. The summed E-state index contributed by atoms with van der Waals surface area (Å²) >= 11 is 0. The van der Waals surface area contributed by atoms with Crippen LogP contribution in [0.15, 0.2) is 24.3 Å². The van der Waals surface area contributed by atoms with Crippen LogP contribution in [0.5, 0.6) is 0 Å². The largest absolute Gasteiger partial charge is 0.390 e. The number of halogens is 2. The summed E-state index contributed by atoms with van der Waals surface area (Å²) in [6, 6.07) is 5.42. The van der Waals surface area contributed by atoms with E-state index in [2.05, 4.69) is 5.92 Å². The van der Waals surface area contributed by atoms with Crippen molar-refractivity contribution in [3.05, 3.63) is 35.4 Å². The predicted molar refractivity (Wildman–Crippen MR) is 45.4 cm³/mol. The number of benzene rings is 1. The first-order valence-electron chi connectivity index (χ1n) is 3.66. The van der Waals surface area contributed by atoms with Gasteiger partial charge in [0.15, 0.2) is 0 Å². The molecule has 0 fully saturated rings. The van der Waals surface area contributed by atoms with Crippen molar-refractivity contribution < 1.29 is 13.9 Å². The fourth-order valence-electron chi connectivity index (χ4n) is 0.928. The minimum absolute atomic E-state index is 0.259. The zero-order valence-electron chi connectivity index (χ0n) is 6.80. The molecular formula is C10H8F2O. The van der Waals surface area contributed by atoms with Gasteiger partial charge in [-0.25, -0.2) is 0 Å². The van der Waals surface area contributed by atoms with E-state index < -0.39 is 12.5 Å². The fraction of sp³-hybridized carbons (Fsp3) is 0.200. The first-order valence-corrected chi connectivity index (χ1v) is 3.66. The predicted octanol–water partition coefficient (Wildman–Crippen LogP) is 1.75. The number of terminal acetylenes is 1. The number of hydrogen-bond acceptors (Lipinski definition) is 1. The molecule has 1 rings (SSSR count). The summed E-state index contributed by atoms with van der Waals surface area (Å²) in [5.74, 6) is -0.967. The van der Waals surface area contributed by atoms with Crippen molar-refractivity contribution in [2.45, 2.75) is 5.92 Å². The molecule has 0 atom stereocenters. The third-order valence-corrected chi connectivity index (χ3v) is 1.65. The third-order valence-electron chi connectivity index (χ3n) is 1.65. The summed E-state index contributed by atoms with van der Waals surface area (Å²) in [7, 11) is 0. The Morgan fingerprint density at radius 2 is 2.15 bits per heavy atom. The highest BCUT2D eigenvalue weighted by Crippen LogP contribution is 2.27. The standard InChI is InChI=1S/C10H8F2O/c1-2-8-4-3-5-9(6-8)10(11,12)7-13/h1,3-6,13H,7H2.